The molecule has 1 N–H and O–H groups in total. The van der Waals surface area contributed by atoms with E-state index < -0.39 is 0 Å². The minimum absolute atomic E-state index is 0.0901. The van der Waals surface area contributed by atoms with Crippen molar-refractivity contribution in [2.24, 2.45) is 0 Å². The highest BCUT2D eigenvalue weighted by molar-refractivity contribution is 7.13. The average Bonchev–Trinajstić information content (AvgIpc) is 3.31. The second-order valence-electron chi connectivity index (χ2n) is 5.51. The van der Waals surface area contributed by atoms with Crippen LogP contribution in [0.3, 0.4) is 0 Å². The monoisotopic (exact) mass is 352 g/mol. The fraction of sp³-hybridized carbons (Fsp3) is 0.222. The zero-order valence-electron chi connectivity index (χ0n) is 13.6. The summed E-state index contributed by atoms with van der Waals surface area (Å²) < 4.78 is 5.19. The van der Waals surface area contributed by atoms with E-state index in [2.05, 4.69) is 21.5 Å². The van der Waals surface area contributed by atoms with Crippen molar-refractivity contribution < 1.29 is 9.32 Å². The standard InChI is InChI=1S/C18H16N4O2S/c1-12(14-6-4-13(11-19)5-7-14)20-16(23)8-9-17-21-18(22-24-17)15-3-2-10-25-15/h2-7,10,12H,8-9H2,1H3,(H,20,23). The summed E-state index contributed by atoms with van der Waals surface area (Å²) in [5.74, 6) is 0.911. The molecule has 6 nitrogen and oxygen atoms in total. The fourth-order valence-corrected chi connectivity index (χ4v) is 2.98. The molecule has 1 aromatic carbocycles. The van der Waals surface area contributed by atoms with E-state index in [0.29, 0.717) is 23.7 Å². The summed E-state index contributed by atoms with van der Waals surface area (Å²) in [5.41, 5.74) is 1.55. The van der Waals surface area contributed by atoms with Crippen molar-refractivity contribution >= 4 is 17.2 Å². The molecular weight excluding hydrogens is 336 g/mol. The molecule has 0 saturated heterocycles. The van der Waals surface area contributed by atoms with Gasteiger partial charge in [-0.2, -0.15) is 10.2 Å². The predicted molar refractivity (Wildman–Crippen MR) is 93.6 cm³/mol. The maximum absolute atomic E-state index is 12.1. The first-order valence-electron chi connectivity index (χ1n) is 7.81. The number of nitrogens with zero attached hydrogens (tertiary/aromatic N) is 3. The Kier molecular flexibility index (Phi) is 5.21. The second-order valence-corrected chi connectivity index (χ2v) is 6.46. The maximum atomic E-state index is 12.1. The fourth-order valence-electron chi connectivity index (χ4n) is 2.33. The quantitative estimate of drug-likeness (QED) is 0.733. The van der Waals surface area contributed by atoms with Crippen LogP contribution < -0.4 is 5.32 Å². The third-order valence-electron chi connectivity index (χ3n) is 3.69. The number of carbonyl (C=O) groups excluding carboxylic acids is 1. The Morgan fingerprint density at radius 2 is 2.16 bits per heavy atom. The number of amides is 1. The molecule has 126 valence electrons. The highest BCUT2D eigenvalue weighted by atomic mass is 32.1. The topological polar surface area (TPSA) is 91.8 Å². The van der Waals surface area contributed by atoms with Gasteiger partial charge in [0.05, 0.1) is 22.6 Å². The van der Waals surface area contributed by atoms with E-state index in [9.17, 15) is 4.79 Å². The normalized spacial score (nSPS) is 11.7. The molecule has 3 aromatic rings. The Hall–Kier alpha value is -2.98. The van der Waals surface area contributed by atoms with E-state index in [1.54, 1.807) is 12.1 Å². The van der Waals surface area contributed by atoms with Crippen molar-refractivity contribution in [1.82, 2.24) is 15.5 Å². The highest BCUT2D eigenvalue weighted by Crippen LogP contribution is 2.21. The van der Waals surface area contributed by atoms with E-state index in [1.807, 2.05) is 36.6 Å². The summed E-state index contributed by atoms with van der Waals surface area (Å²) >= 11 is 1.54. The number of thiophene rings is 1. The van der Waals surface area contributed by atoms with Crippen LogP contribution in [0.1, 0.15) is 36.4 Å². The van der Waals surface area contributed by atoms with Gasteiger partial charge in [-0.1, -0.05) is 23.4 Å². The molecule has 0 aliphatic rings. The van der Waals surface area contributed by atoms with Crippen LogP contribution in [0.15, 0.2) is 46.3 Å². The number of rotatable bonds is 6. The molecule has 0 fully saturated rings. The molecule has 0 aliphatic heterocycles. The minimum atomic E-state index is -0.135. The van der Waals surface area contributed by atoms with Gasteiger partial charge in [-0.15, -0.1) is 11.3 Å². The van der Waals surface area contributed by atoms with Crippen molar-refractivity contribution in [3.63, 3.8) is 0 Å². The molecule has 0 aliphatic carbocycles. The van der Waals surface area contributed by atoms with Crippen LogP contribution in [0.25, 0.3) is 10.7 Å². The van der Waals surface area contributed by atoms with Crippen molar-refractivity contribution in [3.05, 3.63) is 58.8 Å². The number of benzene rings is 1. The number of carbonyl (C=O) groups is 1. The molecule has 0 saturated carbocycles. The van der Waals surface area contributed by atoms with Crippen LogP contribution in [0.5, 0.6) is 0 Å². The van der Waals surface area contributed by atoms with Gasteiger partial charge in [0.2, 0.25) is 17.6 Å². The summed E-state index contributed by atoms with van der Waals surface area (Å²) in [6, 6.07) is 12.9. The first-order valence-corrected chi connectivity index (χ1v) is 8.69. The Labute approximate surface area is 149 Å². The molecule has 2 aromatic heterocycles. The van der Waals surface area contributed by atoms with Crippen LogP contribution in [0, 0.1) is 11.3 Å². The lowest BCUT2D eigenvalue weighted by Gasteiger charge is -2.14. The molecule has 2 heterocycles. The van der Waals surface area contributed by atoms with E-state index in [-0.39, 0.29) is 18.4 Å². The summed E-state index contributed by atoms with van der Waals surface area (Å²) in [6.45, 7) is 1.90. The van der Waals surface area contributed by atoms with E-state index in [4.69, 9.17) is 9.78 Å². The van der Waals surface area contributed by atoms with Gasteiger partial charge in [-0.25, -0.2) is 0 Å². The number of aromatic nitrogens is 2. The first kappa shape index (κ1) is 16.9. The zero-order chi connectivity index (χ0) is 17.6. The van der Waals surface area contributed by atoms with Crippen molar-refractivity contribution in [2.45, 2.75) is 25.8 Å². The molecule has 0 bridgehead atoms. The van der Waals surface area contributed by atoms with E-state index >= 15 is 0 Å². The van der Waals surface area contributed by atoms with Gasteiger partial charge in [0.15, 0.2) is 0 Å². The van der Waals surface area contributed by atoms with Gasteiger partial charge in [0.25, 0.3) is 0 Å². The molecule has 7 heteroatoms. The smallest absolute Gasteiger partial charge is 0.227 e. The van der Waals surface area contributed by atoms with Gasteiger partial charge in [-0.3, -0.25) is 4.79 Å². The van der Waals surface area contributed by atoms with Crippen LogP contribution in [-0.4, -0.2) is 16.0 Å². The highest BCUT2D eigenvalue weighted by Gasteiger charge is 2.13. The third kappa shape index (κ3) is 4.31. The molecule has 1 amide bonds. The average molecular weight is 352 g/mol. The van der Waals surface area contributed by atoms with Gasteiger partial charge in [0, 0.05) is 12.8 Å². The second kappa shape index (κ2) is 7.73. The summed E-state index contributed by atoms with van der Waals surface area (Å²) in [4.78, 5) is 17.3. The van der Waals surface area contributed by atoms with Crippen molar-refractivity contribution in [3.8, 4) is 16.8 Å². The number of hydrogen-bond donors (Lipinski definition) is 1. The Morgan fingerprint density at radius 3 is 2.84 bits per heavy atom. The van der Waals surface area contributed by atoms with Crippen molar-refractivity contribution in [2.75, 3.05) is 0 Å². The molecule has 25 heavy (non-hydrogen) atoms. The predicted octanol–water partition coefficient (Wildman–Crippen LogP) is 3.48. The maximum Gasteiger partial charge on any atom is 0.227 e. The Balaban J connectivity index is 1.51. The van der Waals surface area contributed by atoms with Crippen LogP contribution >= 0.6 is 11.3 Å². The van der Waals surface area contributed by atoms with Gasteiger partial charge >= 0.3 is 0 Å². The first-order chi connectivity index (χ1) is 12.2. The Morgan fingerprint density at radius 1 is 1.36 bits per heavy atom. The summed E-state index contributed by atoms with van der Waals surface area (Å²) in [5, 5.41) is 17.6. The van der Waals surface area contributed by atoms with Crippen molar-refractivity contribution in [1.29, 1.82) is 5.26 Å². The molecule has 0 spiro atoms. The molecule has 1 atom stereocenters. The summed E-state index contributed by atoms with van der Waals surface area (Å²) in [7, 11) is 0. The largest absolute Gasteiger partial charge is 0.350 e. The SMILES string of the molecule is CC(NC(=O)CCc1nc(-c2cccs2)no1)c1ccc(C#N)cc1. The number of nitriles is 1. The number of nitrogens with one attached hydrogen (secondary N) is 1. The molecule has 0 radical (unpaired) electrons. The van der Waals surface area contributed by atoms with E-state index in [0.717, 1.165) is 10.4 Å². The van der Waals surface area contributed by atoms with Gasteiger partial charge < -0.3 is 9.84 Å². The van der Waals surface area contributed by atoms with Crippen LogP contribution in [0.4, 0.5) is 0 Å². The molecule has 1 unspecified atom stereocenters. The zero-order valence-corrected chi connectivity index (χ0v) is 14.4. The minimum Gasteiger partial charge on any atom is -0.350 e. The van der Waals surface area contributed by atoms with E-state index in [1.165, 1.54) is 11.3 Å². The lowest BCUT2D eigenvalue weighted by molar-refractivity contribution is -0.121. The lowest BCUT2D eigenvalue weighted by atomic mass is 10.1. The number of hydrogen-bond acceptors (Lipinski definition) is 6. The molecule has 3 rings (SSSR count). The van der Waals surface area contributed by atoms with Gasteiger partial charge in [-0.05, 0) is 36.1 Å². The van der Waals surface area contributed by atoms with Gasteiger partial charge in [0.1, 0.15) is 0 Å². The van der Waals surface area contributed by atoms with Crippen LogP contribution in [0.2, 0.25) is 0 Å². The summed E-state index contributed by atoms with van der Waals surface area (Å²) in [6.07, 6.45) is 0.664. The Bertz CT molecular complexity index is 879. The number of aryl methyl sites for hydroxylation is 1. The molecular formula is C18H16N4O2S. The third-order valence-corrected chi connectivity index (χ3v) is 4.56. The lowest BCUT2D eigenvalue weighted by Crippen LogP contribution is -2.26. The van der Waals surface area contributed by atoms with Crippen LogP contribution in [-0.2, 0) is 11.2 Å².